The SMILES string of the molecule is CCNCc1cc(F)cc(OCc2cccc(Cl)c2F)c1. The molecule has 21 heavy (non-hydrogen) atoms. The lowest BCUT2D eigenvalue weighted by Crippen LogP contribution is -2.12. The van der Waals surface area contributed by atoms with Gasteiger partial charge in [-0.15, -0.1) is 0 Å². The molecule has 0 aliphatic carbocycles. The lowest BCUT2D eigenvalue weighted by Gasteiger charge is -2.10. The van der Waals surface area contributed by atoms with Crippen LogP contribution in [0.3, 0.4) is 0 Å². The maximum atomic E-state index is 13.7. The molecule has 0 aliphatic rings. The molecule has 2 nitrogen and oxygen atoms in total. The summed E-state index contributed by atoms with van der Waals surface area (Å²) in [6.07, 6.45) is 0. The highest BCUT2D eigenvalue weighted by Crippen LogP contribution is 2.21. The second-order valence-electron chi connectivity index (χ2n) is 4.58. The molecule has 0 radical (unpaired) electrons. The van der Waals surface area contributed by atoms with Gasteiger partial charge in [0.05, 0.1) is 5.02 Å². The summed E-state index contributed by atoms with van der Waals surface area (Å²) >= 11 is 5.70. The molecule has 0 amide bonds. The Hall–Kier alpha value is -1.65. The Morgan fingerprint density at radius 1 is 1.19 bits per heavy atom. The van der Waals surface area contributed by atoms with Crippen LogP contribution in [0.5, 0.6) is 5.75 Å². The zero-order valence-corrected chi connectivity index (χ0v) is 12.4. The molecule has 0 atom stereocenters. The number of rotatable bonds is 6. The molecule has 0 unspecified atom stereocenters. The molecule has 112 valence electrons. The van der Waals surface area contributed by atoms with E-state index in [-0.39, 0.29) is 17.4 Å². The lowest BCUT2D eigenvalue weighted by atomic mass is 10.2. The third-order valence-corrected chi connectivity index (χ3v) is 3.23. The van der Waals surface area contributed by atoms with E-state index in [2.05, 4.69) is 5.32 Å². The van der Waals surface area contributed by atoms with Gasteiger partial charge in [-0.05, 0) is 30.3 Å². The largest absolute Gasteiger partial charge is 0.489 e. The van der Waals surface area contributed by atoms with Crippen molar-refractivity contribution in [1.29, 1.82) is 0 Å². The van der Waals surface area contributed by atoms with E-state index in [1.54, 1.807) is 18.2 Å². The fourth-order valence-corrected chi connectivity index (χ4v) is 2.09. The van der Waals surface area contributed by atoms with Gasteiger partial charge in [-0.3, -0.25) is 0 Å². The number of nitrogens with one attached hydrogen (secondary N) is 1. The molecule has 0 aromatic heterocycles. The van der Waals surface area contributed by atoms with Crippen LogP contribution in [0.4, 0.5) is 8.78 Å². The highest BCUT2D eigenvalue weighted by Gasteiger charge is 2.08. The molecule has 0 bridgehead atoms. The lowest BCUT2D eigenvalue weighted by molar-refractivity contribution is 0.298. The summed E-state index contributed by atoms with van der Waals surface area (Å²) < 4.78 is 32.7. The number of benzene rings is 2. The van der Waals surface area contributed by atoms with Gasteiger partial charge in [0, 0.05) is 18.2 Å². The molecular weight excluding hydrogens is 296 g/mol. The average molecular weight is 312 g/mol. The fourth-order valence-electron chi connectivity index (χ4n) is 1.90. The van der Waals surface area contributed by atoms with Crippen molar-refractivity contribution in [1.82, 2.24) is 5.32 Å². The van der Waals surface area contributed by atoms with Crippen molar-refractivity contribution in [2.75, 3.05) is 6.54 Å². The number of hydrogen-bond donors (Lipinski definition) is 1. The number of hydrogen-bond acceptors (Lipinski definition) is 2. The third kappa shape index (κ3) is 4.41. The first-order valence-corrected chi connectivity index (χ1v) is 7.04. The van der Waals surface area contributed by atoms with Crippen molar-refractivity contribution in [2.24, 2.45) is 0 Å². The smallest absolute Gasteiger partial charge is 0.148 e. The Morgan fingerprint density at radius 3 is 2.76 bits per heavy atom. The third-order valence-electron chi connectivity index (χ3n) is 2.94. The molecule has 0 aliphatic heterocycles. The maximum Gasteiger partial charge on any atom is 0.148 e. The average Bonchev–Trinajstić information content (AvgIpc) is 2.46. The number of ether oxygens (including phenoxy) is 1. The molecule has 0 heterocycles. The maximum absolute atomic E-state index is 13.7. The summed E-state index contributed by atoms with van der Waals surface area (Å²) in [6, 6.07) is 9.14. The van der Waals surface area contributed by atoms with Crippen LogP contribution in [0.15, 0.2) is 36.4 Å². The summed E-state index contributed by atoms with van der Waals surface area (Å²) in [5.41, 5.74) is 1.11. The van der Waals surface area contributed by atoms with Crippen LogP contribution in [0.2, 0.25) is 5.02 Å². The van der Waals surface area contributed by atoms with E-state index in [0.717, 1.165) is 12.1 Å². The monoisotopic (exact) mass is 311 g/mol. The summed E-state index contributed by atoms with van der Waals surface area (Å²) in [5.74, 6) is -0.530. The van der Waals surface area contributed by atoms with Gasteiger partial charge in [-0.25, -0.2) is 8.78 Å². The minimum Gasteiger partial charge on any atom is -0.489 e. The van der Waals surface area contributed by atoms with Gasteiger partial charge in [-0.2, -0.15) is 0 Å². The first-order valence-electron chi connectivity index (χ1n) is 6.66. The van der Waals surface area contributed by atoms with Crippen molar-refractivity contribution >= 4 is 11.6 Å². The van der Waals surface area contributed by atoms with E-state index in [9.17, 15) is 8.78 Å². The summed E-state index contributed by atoms with van der Waals surface area (Å²) in [6.45, 7) is 3.31. The van der Waals surface area contributed by atoms with Gasteiger partial charge in [0.15, 0.2) is 0 Å². The van der Waals surface area contributed by atoms with Crippen LogP contribution >= 0.6 is 11.6 Å². The van der Waals surface area contributed by atoms with Gasteiger partial charge < -0.3 is 10.1 Å². The quantitative estimate of drug-likeness (QED) is 0.858. The molecule has 0 saturated heterocycles. The normalized spacial score (nSPS) is 10.7. The fraction of sp³-hybridized carbons (Fsp3) is 0.250. The first kappa shape index (κ1) is 15.7. The zero-order chi connectivity index (χ0) is 15.2. The summed E-state index contributed by atoms with van der Waals surface area (Å²) in [4.78, 5) is 0. The highest BCUT2D eigenvalue weighted by molar-refractivity contribution is 6.30. The molecule has 0 fully saturated rings. The second kappa shape index (κ2) is 7.38. The van der Waals surface area contributed by atoms with E-state index >= 15 is 0 Å². The molecule has 0 saturated carbocycles. The van der Waals surface area contributed by atoms with Crippen molar-refractivity contribution in [3.63, 3.8) is 0 Å². The van der Waals surface area contributed by atoms with Gasteiger partial charge in [0.1, 0.15) is 24.0 Å². The minimum absolute atomic E-state index is 0.00348. The first-order chi connectivity index (χ1) is 10.1. The van der Waals surface area contributed by atoms with E-state index in [0.29, 0.717) is 17.9 Å². The van der Waals surface area contributed by atoms with Crippen LogP contribution in [0.1, 0.15) is 18.1 Å². The Kier molecular flexibility index (Phi) is 5.53. The molecule has 1 N–H and O–H groups in total. The molecule has 2 aromatic rings. The molecule has 5 heteroatoms. The standard InChI is InChI=1S/C16H16ClF2NO/c1-2-20-9-11-6-13(18)8-14(7-11)21-10-12-4-3-5-15(17)16(12)19/h3-8,20H,2,9-10H2,1H3. The van der Waals surface area contributed by atoms with Crippen molar-refractivity contribution in [2.45, 2.75) is 20.1 Å². The van der Waals surface area contributed by atoms with Gasteiger partial charge >= 0.3 is 0 Å². The van der Waals surface area contributed by atoms with Crippen LogP contribution in [-0.4, -0.2) is 6.54 Å². The van der Waals surface area contributed by atoms with Crippen LogP contribution in [0, 0.1) is 11.6 Å². The molecule has 0 spiro atoms. The highest BCUT2D eigenvalue weighted by atomic mass is 35.5. The van der Waals surface area contributed by atoms with Crippen LogP contribution in [0.25, 0.3) is 0 Å². The van der Waals surface area contributed by atoms with E-state index in [4.69, 9.17) is 16.3 Å². The number of halogens is 3. The van der Waals surface area contributed by atoms with Crippen molar-refractivity contribution in [3.8, 4) is 5.75 Å². The Labute approximate surface area is 127 Å². The van der Waals surface area contributed by atoms with Gasteiger partial charge in [-0.1, -0.05) is 30.7 Å². The predicted octanol–water partition coefficient (Wildman–Crippen LogP) is 4.31. The Morgan fingerprint density at radius 2 is 2.00 bits per heavy atom. The molecule has 2 rings (SSSR count). The van der Waals surface area contributed by atoms with Crippen molar-refractivity contribution < 1.29 is 13.5 Å². The summed E-state index contributed by atoms with van der Waals surface area (Å²) in [7, 11) is 0. The Balaban J connectivity index is 2.09. The minimum atomic E-state index is -0.511. The molecule has 2 aromatic carbocycles. The van der Waals surface area contributed by atoms with Gasteiger partial charge in [0.25, 0.3) is 0 Å². The van der Waals surface area contributed by atoms with E-state index in [1.165, 1.54) is 18.2 Å². The molecular formula is C16H16ClF2NO. The van der Waals surface area contributed by atoms with Crippen molar-refractivity contribution in [3.05, 3.63) is 64.2 Å². The van der Waals surface area contributed by atoms with E-state index < -0.39 is 5.82 Å². The van der Waals surface area contributed by atoms with Crippen LogP contribution in [-0.2, 0) is 13.2 Å². The van der Waals surface area contributed by atoms with E-state index in [1.807, 2.05) is 6.92 Å². The Bertz CT molecular complexity index is 619. The van der Waals surface area contributed by atoms with Crippen LogP contribution < -0.4 is 10.1 Å². The topological polar surface area (TPSA) is 21.3 Å². The summed E-state index contributed by atoms with van der Waals surface area (Å²) in [5, 5.41) is 3.15. The zero-order valence-electron chi connectivity index (χ0n) is 11.6. The van der Waals surface area contributed by atoms with Gasteiger partial charge in [0.2, 0.25) is 0 Å². The predicted molar refractivity (Wildman–Crippen MR) is 79.5 cm³/mol. The second-order valence-corrected chi connectivity index (χ2v) is 4.98.